The lowest BCUT2D eigenvalue weighted by Crippen LogP contribution is -2.45. The van der Waals surface area contributed by atoms with Crippen molar-refractivity contribution in [3.63, 3.8) is 0 Å². The van der Waals surface area contributed by atoms with E-state index in [1.807, 2.05) is 5.92 Å². The van der Waals surface area contributed by atoms with Gasteiger partial charge in [-0.25, -0.2) is 17.9 Å². The zero-order chi connectivity index (χ0) is 36.4. The normalized spacial score (nSPS) is 12.9. The number of amides is 2. The summed E-state index contributed by atoms with van der Waals surface area (Å²) in [6, 6.07) is 17.9. The molecule has 0 bridgehead atoms. The number of carbonyl (C=O) groups excluding carboxylic acids is 2. The van der Waals surface area contributed by atoms with Crippen molar-refractivity contribution in [2.45, 2.75) is 30.0 Å². The number of benzene rings is 4. The minimum Gasteiger partial charge on any atom is -0.379 e. The summed E-state index contributed by atoms with van der Waals surface area (Å²) in [5.74, 6) is -2.22. The first-order chi connectivity index (χ1) is 23.5. The summed E-state index contributed by atoms with van der Waals surface area (Å²) >= 11 is 0. The lowest BCUT2D eigenvalue weighted by molar-refractivity contribution is -0.137. The van der Waals surface area contributed by atoms with E-state index in [9.17, 15) is 45.5 Å². The molecule has 256 valence electrons. The Morgan fingerprint density at radius 3 is 2.26 bits per heavy atom. The number of fused-ring (bicyclic) bond motifs is 1. The maximum atomic E-state index is 14.7. The molecule has 0 aliphatic carbocycles. The van der Waals surface area contributed by atoms with Crippen molar-refractivity contribution < 1.29 is 40.7 Å². The predicted molar refractivity (Wildman–Crippen MR) is 177 cm³/mol. The number of nitrogens with zero attached hydrogens (tertiary/aromatic N) is 1. The van der Waals surface area contributed by atoms with E-state index in [1.54, 1.807) is 24.3 Å². The summed E-state index contributed by atoms with van der Waals surface area (Å²) in [6.07, 6.45) is 0.445. The first kappa shape index (κ1) is 35.5. The Morgan fingerprint density at radius 1 is 0.940 bits per heavy atom. The van der Waals surface area contributed by atoms with Gasteiger partial charge in [0.2, 0.25) is 0 Å². The van der Waals surface area contributed by atoms with Crippen LogP contribution in [0.15, 0.2) is 94.6 Å². The standard InChI is InChI=1S/C35H26F4N4O6S/c1-3-21-9-10-23(18-28(21)35(37,38)39)41-33(46)34(2,47)19-50(48,49)24-13-11-22(12-14-24)40-31(44)27-16-20(8-15-29(27)36)17-30-25-6-4-5-7-26(25)32(45)43-42-30/h1,4-16,18,47H,17,19H2,2H3,(H,40,44)(H,41,46)(H,43,45). The zero-order valence-electron chi connectivity index (χ0n) is 25.9. The van der Waals surface area contributed by atoms with Crippen molar-refractivity contribution in [3.8, 4) is 12.3 Å². The molecule has 1 atom stereocenters. The van der Waals surface area contributed by atoms with Gasteiger partial charge in [-0.3, -0.25) is 14.4 Å². The Balaban J connectivity index is 1.27. The molecule has 1 aromatic heterocycles. The molecule has 4 aromatic carbocycles. The molecule has 0 aliphatic rings. The Bertz CT molecular complexity index is 2350. The summed E-state index contributed by atoms with van der Waals surface area (Å²) in [5, 5.41) is 22.8. The third-order valence-corrected chi connectivity index (χ3v) is 9.52. The number of terminal acetylenes is 1. The third-order valence-electron chi connectivity index (χ3n) is 7.59. The van der Waals surface area contributed by atoms with Gasteiger partial charge in [-0.05, 0) is 73.2 Å². The SMILES string of the molecule is C#Cc1ccc(NC(=O)C(C)(O)CS(=O)(=O)c2ccc(NC(=O)c3cc(Cc4n[nH]c(=O)c5ccccc45)ccc3F)cc2)cc1C(F)(F)F. The second kappa shape index (κ2) is 13.6. The average molecular weight is 707 g/mol. The number of aromatic nitrogens is 2. The van der Waals surface area contributed by atoms with E-state index in [0.717, 1.165) is 37.3 Å². The number of nitrogens with one attached hydrogen (secondary N) is 3. The number of hydrogen-bond acceptors (Lipinski definition) is 7. The van der Waals surface area contributed by atoms with E-state index >= 15 is 0 Å². The fraction of sp³-hybridized carbons (Fsp3) is 0.143. The molecular formula is C35H26F4N4O6S. The van der Waals surface area contributed by atoms with Crippen molar-refractivity contribution in [2.75, 3.05) is 16.4 Å². The highest BCUT2D eigenvalue weighted by molar-refractivity contribution is 7.91. The Labute approximate surface area is 282 Å². The monoisotopic (exact) mass is 706 g/mol. The molecule has 0 fully saturated rings. The number of H-pyrrole nitrogens is 1. The van der Waals surface area contributed by atoms with E-state index in [1.165, 1.54) is 24.3 Å². The molecule has 0 saturated heterocycles. The third kappa shape index (κ3) is 7.72. The number of halogens is 4. The topological polar surface area (TPSA) is 158 Å². The summed E-state index contributed by atoms with van der Waals surface area (Å²) in [4.78, 5) is 37.5. The first-order valence-electron chi connectivity index (χ1n) is 14.6. The van der Waals surface area contributed by atoms with Gasteiger partial charge in [0, 0.05) is 28.7 Å². The van der Waals surface area contributed by atoms with E-state index in [4.69, 9.17) is 6.42 Å². The van der Waals surface area contributed by atoms with Crippen molar-refractivity contribution in [1.82, 2.24) is 10.2 Å². The fourth-order valence-electron chi connectivity index (χ4n) is 5.07. The van der Waals surface area contributed by atoms with Gasteiger partial charge in [0.15, 0.2) is 15.4 Å². The molecular weight excluding hydrogens is 680 g/mol. The van der Waals surface area contributed by atoms with Gasteiger partial charge in [0.25, 0.3) is 17.4 Å². The van der Waals surface area contributed by atoms with Gasteiger partial charge in [0.1, 0.15) is 5.82 Å². The summed E-state index contributed by atoms with van der Waals surface area (Å²) < 4.78 is 81.0. The minimum absolute atomic E-state index is 0.0902. The molecule has 15 heteroatoms. The highest BCUT2D eigenvalue weighted by Gasteiger charge is 2.38. The van der Waals surface area contributed by atoms with Gasteiger partial charge in [0.05, 0.1) is 32.9 Å². The molecule has 0 spiro atoms. The van der Waals surface area contributed by atoms with Crippen molar-refractivity contribution in [2.24, 2.45) is 0 Å². The van der Waals surface area contributed by atoms with Crippen molar-refractivity contribution in [3.05, 3.63) is 129 Å². The van der Waals surface area contributed by atoms with Crippen LogP contribution in [0.2, 0.25) is 0 Å². The van der Waals surface area contributed by atoms with Crippen LogP contribution >= 0.6 is 0 Å². The second-order valence-electron chi connectivity index (χ2n) is 11.4. The van der Waals surface area contributed by atoms with Gasteiger partial charge in [-0.2, -0.15) is 18.3 Å². The van der Waals surface area contributed by atoms with Crippen LogP contribution in [0.1, 0.15) is 39.7 Å². The number of rotatable bonds is 9. The lowest BCUT2D eigenvalue weighted by atomic mass is 10.0. The van der Waals surface area contributed by atoms with E-state index < -0.39 is 56.1 Å². The van der Waals surface area contributed by atoms with Crippen LogP contribution in [-0.4, -0.2) is 46.9 Å². The van der Waals surface area contributed by atoms with Crippen molar-refractivity contribution >= 4 is 43.8 Å². The molecule has 4 N–H and O–H groups in total. The Hall–Kier alpha value is -5.85. The van der Waals surface area contributed by atoms with Crippen LogP contribution in [0.25, 0.3) is 10.8 Å². The van der Waals surface area contributed by atoms with Gasteiger partial charge >= 0.3 is 6.18 Å². The van der Waals surface area contributed by atoms with E-state index in [2.05, 4.69) is 20.8 Å². The van der Waals surface area contributed by atoms with Crippen LogP contribution in [0.5, 0.6) is 0 Å². The van der Waals surface area contributed by atoms with E-state index in [-0.39, 0.29) is 33.8 Å². The Kier molecular flexibility index (Phi) is 9.63. The predicted octanol–water partition coefficient (Wildman–Crippen LogP) is 5.07. The molecule has 0 aliphatic heterocycles. The molecule has 50 heavy (non-hydrogen) atoms. The number of anilines is 2. The average Bonchev–Trinajstić information content (AvgIpc) is 3.06. The first-order valence-corrected chi connectivity index (χ1v) is 16.2. The maximum absolute atomic E-state index is 14.7. The summed E-state index contributed by atoms with van der Waals surface area (Å²) in [7, 11) is -4.37. The van der Waals surface area contributed by atoms with Gasteiger partial charge in [-0.1, -0.05) is 30.2 Å². The molecule has 0 radical (unpaired) electrons. The lowest BCUT2D eigenvalue weighted by Gasteiger charge is -2.23. The van der Waals surface area contributed by atoms with Crippen LogP contribution in [-0.2, 0) is 27.2 Å². The largest absolute Gasteiger partial charge is 0.417 e. The Morgan fingerprint density at radius 2 is 1.60 bits per heavy atom. The highest BCUT2D eigenvalue weighted by Crippen LogP contribution is 2.34. The molecule has 5 aromatic rings. The van der Waals surface area contributed by atoms with Crippen LogP contribution in [0.3, 0.4) is 0 Å². The number of carbonyl (C=O) groups is 2. The molecule has 1 heterocycles. The molecule has 10 nitrogen and oxygen atoms in total. The molecule has 1 unspecified atom stereocenters. The number of aromatic amines is 1. The van der Waals surface area contributed by atoms with E-state index in [0.29, 0.717) is 28.1 Å². The number of sulfone groups is 1. The van der Waals surface area contributed by atoms with Crippen LogP contribution < -0.4 is 16.2 Å². The molecule has 2 amide bonds. The smallest absolute Gasteiger partial charge is 0.379 e. The minimum atomic E-state index is -4.84. The number of aliphatic hydroxyl groups is 1. The zero-order valence-corrected chi connectivity index (χ0v) is 26.7. The number of hydrogen-bond donors (Lipinski definition) is 4. The summed E-state index contributed by atoms with van der Waals surface area (Å²) in [6.45, 7) is 0.882. The second-order valence-corrected chi connectivity index (χ2v) is 13.4. The van der Waals surface area contributed by atoms with Crippen LogP contribution in [0, 0.1) is 18.2 Å². The molecule has 5 rings (SSSR count). The number of alkyl halides is 3. The maximum Gasteiger partial charge on any atom is 0.417 e. The van der Waals surface area contributed by atoms with Crippen molar-refractivity contribution in [1.29, 1.82) is 0 Å². The van der Waals surface area contributed by atoms with Crippen LogP contribution in [0.4, 0.5) is 28.9 Å². The molecule has 0 saturated carbocycles. The van der Waals surface area contributed by atoms with Gasteiger partial charge < -0.3 is 15.7 Å². The fourth-order valence-corrected chi connectivity index (χ4v) is 6.66. The quantitative estimate of drug-likeness (QED) is 0.123. The van der Waals surface area contributed by atoms with Gasteiger partial charge in [-0.15, -0.1) is 6.42 Å². The highest BCUT2D eigenvalue weighted by atomic mass is 32.2. The summed E-state index contributed by atoms with van der Waals surface area (Å²) in [5.41, 5.74) is -4.21.